The molecule has 0 atom stereocenters. The van der Waals surface area contributed by atoms with Crippen molar-refractivity contribution in [2.24, 2.45) is 0 Å². The van der Waals surface area contributed by atoms with Gasteiger partial charge in [-0.05, 0) is 24.3 Å². The first-order valence-corrected chi connectivity index (χ1v) is 10.8. The number of benzene rings is 4. The molecule has 1 aliphatic rings. The summed E-state index contributed by atoms with van der Waals surface area (Å²) in [6, 6.07) is 35.6. The number of aromatic nitrogens is 2. The van der Waals surface area contributed by atoms with Crippen molar-refractivity contribution < 1.29 is 17.8 Å². The second kappa shape index (κ2) is 7.45. The summed E-state index contributed by atoms with van der Waals surface area (Å²) in [5.74, 6) is 0.571. The number of halogens is 2. The highest BCUT2D eigenvalue weighted by Crippen LogP contribution is 2.43. The molecule has 3 nitrogen and oxygen atoms in total. The van der Waals surface area contributed by atoms with Crippen molar-refractivity contribution in [2.75, 3.05) is 0 Å². The highest BCUT2D eigenvalue weighted by atomic mass is 19.3. The number of rotatable bonds is 3. The van der Waals surface area contributed by atoms with Crippen molar-refractivity contribution in [3.63, 3.8) is 0 Å². The van der Waals surface area contributed by atoms with E-state index in [-0.39, 0.29) is 5.75 Å². The molecular formula is C27H19BF2N2O. The van der Waals surface area contributed by atoms with Crippen molar-refractivity contribution in [2.45, 2.75) is 0 Å². The topological polar surface area (TPSA) is 18.0 Å². The van der Waals surface area contributed by atoms with E-state index in [2.05, 4.69) is 0 Å². The van der Waals surface area contributed by atoms with Crippen LogP contribution in [0.1, 0.15) is 0 Å². The molecular weight excluding hydrogens is 417 g/mol. The van der Waals surface area contributed by atoms with Gasteiger partial charge < -0.3 is 17.8 Å². The van der Waals surface area contributed by atoms with Crippen molar-refractivity contribution in [3.05, 3.63) is 115 Å². The van der Waals surface area contributed by atoms with Crippen LogP contribution in [0, 0.1) is 0 Å². The van der Waals surface area contributed by atoms with Gasteiger partial charge >= 0.3 is 7.04 Å². The maximum atomic E-state index is 15.8. The van der Waals surface area contributed by atoms with Crippen LogP contribution in [-0.4, -0.2) is 11.6 Å². The molecule has 0 bridgehead atoms. The van der Waals surface area contributed by atoms with E-state index < -0.39 is 7.04 Å². The maximum absolute atomic E-state index is 15.8. The third-order valence-corrected chi connectivity index (χ3v) is 5.93. The summed E-state index contributed by atoms with van der Waals surface area (Å²) in [7, 11) is -4.39. The average Bonchev–Trinajstić information content (AvgIpc) is 3.23. The summed E-state index contributed by atoms with van der Waals surface area (Å²) in [6.45, 7) is 0. The second-order valence-electron chi connectivity index (χ2n) is 7.97. The van der Waals surface area contributed by atoms with E-state index in [0.717, 1.165) is 15.7 Å². The Kier molecular flexibility index (Phi) is 4.40. The quantitative estimate of drug-likeness (QED) is 0.300. The van der Waals surface area contributed by atoms with Gasteiger partial charge in [0.15, 0.2) is 5.69 Å². The average molecular weight is 436 g/mol. The van der Waals surface area contributed by atoms with Gasteiger partial charge in [0.1, 0.15) is 11.4 Å². The van der Waals surface area contributed by atoms with E-state index in [9.17, 15) is 0 Å². The van der Waals surface area contributed by atoms with Gasteiger partial charge in [-0.3, -0.25) is 0 Å². The SMILES string of the molecule is F[B-]1(F)Oc2ccccc2-c2n(-c3ccccc3)c(-c3ccccc3)c(-c3ccccc3)[n+]21. The maximum Gasteiger partial charge on any atom is 0.734 e. The summed E-state index contributed by atoms with van der Waals surface area (Å²) in [6.07, 6.45) is 0. The van der Waals surface area contributed by atoms with Crippen LogP contribution < -0.4 is 9.13 Å². The molecule has 2 heterocycles. The number of fused-ring (bicyclic) bond motifs is 3. The van der Waals surface area contributed by atoms with Gasteiger partial charge in [-0.25, -0.2) is 0 Å². The Hall–Kier alpha value is -4.19. The van der Waals surface area contributed by atoms with Crippen LogP contribution in [0.25, 0.3) is 39.6 Å². The number of hydrogen-bond acceptors (Lipinski definition) is 1. The number of para-hydroxylation sites is 2. The molecule has 0 unspecified atom stereocenters. The van der Waals surface area contributed by atoms with E-state index in [1.54, 1.807) is 12.1 Å². The predicted octanol–water partition coefficient (Wildman–Crippen LogP) is 6.38. The van der Waals surface area contributed by atoms with E-state index in [4.69, 9.17) is 4.65 Å². The summed E-state index contributed by atoms with van der Waals surface area (Å²) in [5.41, 5.74) is 4.05. The number of imidazole rings is 1. The lowest BCUT2D eigenvalue weighted by atomic mass is 9.96. The van der Waals surface area contributed by atoms with Crippen LogP contribution >= 0.6 is 0 Å². The van der Waals surface area contributed by atoms with Crippen molar-refractivity contribution in [1.29, 1.82) is 0 Å². The molecule has 0 saturated heterocycles. The smallest absolute Gasteiger partial charge is 0.622 e. The summed E-state index contributed by atoms with van der Waals surface area (Å²) in [5, 5.41) is 0. The van der Waals surface area contributed by atoms with Gasteiger partial charge in [-0.1, -0.05) is 91.0 Å². The third-order valence-electron chi connectivity index (χ3n) is 5.93. The van der Waals surface area contributed by atoms with Gasteiger partial charge in [0.05, 0.1) is 11.3 Å². The van der Waals surface area contributed by atoms with Crippen molar-refractivity contribution in [3.8, 4) is 45.3 Å². The first-order chi connectivity index (χ1) is 16.1. The standard InChI is InChI=1S/C27H19BF2N2O/c29-28(30)32-26(21-14-6-2-7-15-21)25(20-12-4-1-5-13-20)31(22-16-8-3-9-17-22)27(32)23-18-10-11-19-24(23)33-28/h1-19H. The van der Waals surface area contributed by atoms with Crippen molar-refractivity contribution >= 4 is 7.04 Å². The van der Waals surface area contributed by atoms with Crippen LogP contribution in [0.3, 0.4) is 0 Å². The van der Waals surface area contributed by atoms with E-state index in [1.165, 1.54) is 0 Å². The predicted molar refractivity (Wildman–Crippen MR) is 126 cm³/mol. The minimum absolute atomic E-state index is 0.177. The molecule has 0 radical (unpaired) electrons. The fraction of sp³-hybridized carbons (Fsp3) is 0. The van der Waals surface area contributed by atoms with Gasteiger partial charge in [0, 0.05) is 11.1 Å². The molecule has 6 rings (SSSR count). The zero-order chi connectivity index (χ0) is 22.4. The molecule has 0 N–H and O–H groups in total. The fourth-order valence-corrected chi connectivity index (χ4v) is 4.60. The van der Waals surface area contributed by atoms with E-state index in [0.29, 0.717) is 28.3 Å². The summed E-state index contributed by atoms with van der Waals surface area (Å²) >= 11 is 0. The molecule has 160 valence electrons. The number of hydrogen-bond donors (Lipinski definition) is 0. The Labute approximate surface area is 190 Å². The van der Waals surface area contributed by atoms with Crippen LogP contribution in [0.2, 0.25) is 0 Å². The lowest BCUT2D eigenvalue weighted by molar-refractivity contribution is -0.557. The van der Waals surface area contributed by atoms with Crippen LogP contribution in [-0.2, 0) is 0 Å². The summed E-state index contributed by atoms with van der Waals surface area (Å²) in [4.78, 5) is 0. The molecule has 5 aromatic rings. The Balaban J connectivity index is 1.85. The fourth-order valence-electron chi connectivity index (χ4n) is 4.60. The Morgan fingerprint density at radius 1 is 0.636 bits per heavy atom. The largest absolute Gasteiger partial charge is 0.734 e. The molecule has 0 fully saturated rings. The Bertz CT molecular complexity index is 1400. The molecule has 33 heavy (non-hydrogen) atoms. The monoisotopic (exact) mass is 436 g/mol. The van der Waals surface area contributed by atoms with Crippen LogP contribution in [0.5, 0.6) is 5.75 Å². The minimum Gasteiger partial charge on any atom is -0.622 e. The van der Waals surface area contributed by atoms with Gasteiger partial charge in [0.25, 0.3) is 5.82 Å². The molecule has 0 saturated carbocycles. The Morgan fingerprint density at radius 3 is 1.85 bits per heavy atom. The molecule has 1 aromatic heterocycles. The van der Waals surface area contributed by atoms with Gasteiger partial charge in [-0.15, -0.1) is 0 Å². The van der Waals surface area contributed by atoms with E-state index >= 15 is 8.63 Å². The first kappa shape index (κ1) is 19.5. The van der Waals surface area contributed by atoms with Crippen LogP contribution in [0.4, 0.5) is 8.63 Å². The van der Waals surface area contributed by atoms with E-state index in [1.807, 2.05) is 108 Å². The number of nitrogens with zero attached hydrogens (tertiary/aromatic N) is 2. The van der Waals surface area contributed by atoms with Gasteiger partial charge in [0.2, 0.25) is 0 Å². The zero-order valence-electron chi connectivity index (χ0n) is 17.6. The third kappa shape index (κ3) is 3.06. The highest BCUT2D eigenvalue weighted by molar-refractivity contribution is 6.51. The molecule has 0 amide bonds. The summed E-state index contributed by atoms with van der Waals surface area (Å²) < 4.78 is 40.0. The van der Waals surface area contributed by atoms with Crippen LogP contribution in [0.15, 0.2) is 115 Å². The molecule has 1 aliphatic heterocycles. The molecule has 0 aliphatic carbocycles. The van der Waals surface area contributed by atoms with Crippen molar-refractivity contribution in [1.82, 2.24) is 4.57 Å². The first-order valence-electron chi connectivity index (χ1n) is 10.8. The Morgan fingerprint density at radius 2 is 1.18 bits per heavy atom. The highest BCUT2D eigenvalue weighted by Gasteiger charge is 2.51. The second-order valence-corrected chi connectivity index (χ2v) is 7.97. The lowest BCUT2D eigenvalue weighted by Gasteiger charge is -2.31. The van der Waals surface area contributed by atoms with Gasteiger partial charge in [-0.2, -0.15) is 4.57 Å². The molecule has 0 spiro atoms. The normalized spacial score (nSPS) is 13.6. The zero-order valence-corrected chi connectivity index (χ0v) is 17.6. The lowest BCUT2D eigenvalue weighted by Crippen LogP contribution is -2.66. The minimum atomic E-state index is -4.39. The molecule has 6 heteroatoms. The molecule has 4 aromatic carbocycles.